The molecule has 1 nitrogen and oxygen atoms in total. The van der Waals surface area contributed by atoms with Crippen molar-refractivity contribution < 1.29 is 22.0 Å². The van der Waals surface area contributed by atoms with Crippen molar-refractivity contribution >= 4 is 9.69 Å². The molecule has 13 heavy (non-hydrogen) atoms. The molecule has 0 radical (unpaired) electrons. The Kier molecular flexibility index (Phi) is 6.36. The van der Waals surface area contributed by atoms with E-state index in [4.69, 9.17) is 14.4 Å². The van der Waals surface area contributed by atoms with Crippen LogP contribution in [0.25, 0.3) is 0 Å². The van der Waals surface area contributed by atoms with Crippen LogP contribution in [0.2, 0.25) is 0 Å². The van der Waals surface area contributed by atoms with E-state index in [0.29, 0.717) is 0 Å². The molecular weight excluding hydrogens is 237 g/mol. The monoisotopic (exact) mass is 248 g/mol. The number of ether oxygens (including phenoxy) is 1. The molecule has 0 fully saturated rings. The van der Waals surface area contributed by atoms with Crippen molar-refractivity contribution in [3.63, 3.8) is 0 Å². The molecule has 0 spiro atoms. The molecule has 1 aromatic rings. The van der Waals surface area contributed by atoms with E-state index in [9.17, 15) is 0 Å². The maximum absolute atomic E-state index is 5.58. The average molecular weight is 250 g/mol. The summed E-state index contributed by atoms with van der Waals surface area (Å²) in [6.45, 7) is 6.09. The molecule has 0 saturated heterocycles. The standard InChI is InChI=1S/C10H13O.ClH.Zn/c1-10(2,3)11-9-7-5-4-6-8-9;;/h5-8H,1-3H3;1H;/q-1;;+2/p-1. The summed E-state index contributed by atoms with van der Waals surface area (Å²) in [7, 11) is 4.76. The van der Waals surface area contributed by atoms with Gasteiger partial charge < -0.3 is 4.74 Å². The molecule has 0 aliphatic heterocycles. The van der Waals surface area contributed by atoms with Crippen molar-refractivity contribution in [2.45, 2.75) is 26.4 Å². The van der Waals surface area contributed by atoms with Gasteiger partial charge in [0.1, 0.15) is 0 Å². The van der Waals surface area contributed by atoms with E-state index in [1.165, 1.54) is 0 Å². The second-order valence-corrected chi connectivity index (χ2v) is 3.45. The van der Waals surface area contributed by atoms with Crippen molar-refractivity contribution in [3.8, 4) is 5.75 Å². The fourth-order valence-corrected chi connectivity index (χ4v) is 0.793. The number of halogens is 1. The third kappa shape index (κ3) is 7.04. The summed E-state index contributed by atoms with van der Waals surface area (Å²) in [4.78, 5) is 0. The van der Waals surface area contributed by atoms with Crippen molar-refractivity contribution in [1.29, 1.82) is 0 Å². The first-order valence-corrected chi connectivity index (χ1v) is 7.90. The third-order valence-electron chi connectivity index (χ3n) is 1.11. The molecule has 1 aromatic carbocycles. The molecule has 0 aliphatic carbocycles. The van der Waals surface area contributed by atoms with Gasteiger partial charge in [-0.25, -0.2) is 0 Å². The fourth-order valence-electron chi connectivity index (χ4n) is 0.793. The normalized spacial score (nSPS) is 10.0. The summed E-state index contributed by atoms with van der Waals surface area (Å²) in [6, 6.07) is 10.5. The van der Waals surface area contributed by atoms with Gasteiger partial charge in [0.05, 0.1) is 5.60 Å². The van der Waals surface area contributed by atoms with E-state index in [2.05, 4.69) is 6.07 Å². The molecule has 1 rings (SSSR count). The van der Waals surface area contributed by atoms with Crippen molar-refractivity contribution in [2.24, 2.45) is 0 Å². The minimum atomic E-state index is -0.110. The molecule has 0 aromatic heterocycles. The van der Waals surface area contributed by atoms with E-state index < -0.39 is 0 Å². The first-order valence-electron chi connectivity index (χ1n) is 4.00. The Morgan fingerprint density at radius 1 is 1.23 bits per heavy atom. The van der Waals surface area contributed by atoms with Gasteiger partial charge in [0.15, 0.2) is 0 Å². The van der Waals surface area contributed by atoms with Crippen LogP contribution in [-0.4, -0.2) is 5.60 Å². The number of hydrogen-bond donors (Lipinski definition) is 0. The van der Waals surface area contributed by atoms with Gasteiger partial charge in [0, 0.05) is 5.75 Å². The Hall–Kier alpha value is -0.0666. The maximum atomic E-state index is 5.58. The Labute approximate surface area is 94.2 Å². The van der Waals surface area contributed by atoms with E-state index >= 15 is 0 Å². The van der Waals surface area contributed by atoms with Gasteiger partial charge in [-0.05, 0) is 20.8 Å². The molecule has 68 valence electrons. The van der Waals surface area contributed by atoms with Crippen LogP contribution in [0.5, 0.6) is 5.75 Å². The molecular formula is C10H13ClOZn. The Balaban J connectivity index is 0.000000671. The predicted molar refractivity (Wildman–Crippen MR) is 51.5 cm³/mol. The van der Waals surface area contributed by atoms with Gasteiger partial charge in [-0.1, -0.05) is 0 Å². The van der Waals surface area contributed by atoms with Crippen LogP contribution in [0.4, 0.5) is 0 Å². The summed E-state index contributed by atoms with van der Waals surface area (Å²) in [5.41, 5.74) is -0.110. The molecule has 0 atom stereocenters. The zero-order valence-corrected chi connectivity index (χ0v) is 12.0. The SMILES string of the molecule is CC(C)(C)Oc1cc[c-]cc1.[Cl][Zn+]. The molecule has 3 heteroatoms. The molecule has 0 saturated carbocycles. The number of hydrogen-bond acceptors (Lipinski definition) is 1. The quantitative estimate of drug-likeness (QED) is 0.548. The molecule has 0 unspecified atom stereocenters. The van der Waals surface area contributed by atoms with Crippen LogP contribution in [0.1, 0.15) is 20.8 Å². The summed E-state index contributed by atoms with van der Waals surface area (Å²) < 4.78 is 5.58. The van der Waals surface area contributed by atoms with Gasteiger partial charge in [-0.3, -0.25) is 0 Å². The second-order valence-electron chi connectivity index (χ2n) is 3.45. The Bertz CT molecular complexity index is 218. The van der Waals surface area contributed by atoms with Crippen LogP contribution in [-0.2, 0) is 17.3 Å². The van der Waals surface area contributed by atoms with Gasteiger partial charge in [-0.15, -0.1) is 12.1 Å². The zero-order valence-electron chi connectivity index (χ0n) is 8.30. The van der Waals surface area contributed by atoms with Crippen LogP contribution >= 0.6 is 9.69 Å². The van der Waals surface area contributed by atoms with Gasteiger partial charge in [0.2, 0.25) is 0 Å². The summed E-state index contributed by atoms with van der Waals surface area (Å²) in [5, 5.41) is 0. The van der Waals surface area contributed by atoms with Crippen LogP contribution < -0.4 is 4.74 Å². The van der Waals surface area contributed by atoms with Gasteiger partial charge >= 0.3 is 27.0 Å². The fraction of sp³-hybridized carbons (Fsp3) is 0.400. The number of rotatable bonds is 1. The van der Waals surface area contributed by atoms with E-state index in [0.717, 1.165) is 23.1 Å². The zero-order chi connectivity index (χ0) is 10.3. The first-order chi connectivity index (χ1) is 6.08. The van der Waals surface area contributed by atoms with E-state index in [1.807, 2.05) is 45.0 Å². The third-order valence-corrected chi connectivity index (χ3v) is 1.11. The molecule has 0 amide bonds. The summed E-state index contributed by atoms with van der Waals surface area (Å²) >= 11 is 0.847. The average Bonchev–Trinajstić information content (AvgIpc) is 2.07. The second kappa shape index (κ2) is 6.40. The Morgan fingerprint density at radius 3 is 2.08 bits per heavy atom. The predicted octanol–water partition coefficient (Wildman–Crippen LogP) is 3.35. The van der Waals surface area contributed by atoms with Crippen LogP contribution in [0, 0.1) is 6.07 Å². The van der Waals surface area contributed by atoms with Crippen LogP contribution in [0.15, 0.2) is 24.3 Å². The Morgan fingerprint density at radius 2 is 1.69 bits per heavy atom. The summed E-state index contributed by atoms with van der Waals surface area (Å²) in [6.07, 6.45) is 0. The number of benzene rings is 1. The molecule has 0 bridgehead atoms. The first kappa shape index (κ1) is 12.9. The van der Waals surface area contributed by atoms with Crippen molar-refractivity contribution in [2.75, 3.05) is 0 Å². The topological polar surface area (TPSA) is 9.23 Å². The summed E-state index contributed by atoms with van der Waals surface area (Å²) in [5.74, 6) is 0.899. The van der Waals surface area contributed by atoms with Crippen molar-refractivity contribution in [3.05, 3.63) is 30.3 Å². The van der Waals surface area contributed by atoms with E-state index in [1.54, 1.807) is 0 Å². The van der Waals surface area contributed by atoms with E-state index in [-0.39, 0.29) is 5.60 Å². The molecule has 0 heterocycles. The molecule has 0 N–H and O–H groups in total. The van der Waals surface area contributed by atoms with Crippen molar-refractivity contribution in [1.82, 2.24) is 0 Å². The molecule has 0 aliphatic rings. The van der Waals surface area contributed by atoms with Gasteiger partial charge in [0.25, 0.3) is 0 Å². The van der Waals surface area contributed by atoms with Gasteiger partial charge in [-0.2, -0.15) is 18.2 Å². The minimum absolute atomic E-state index is 0.110. The van der Waals surface area contributed by atoms with Crippen LogP contribution in [0.3, 0.4) is 0 Å².